The van der Waals surface area contributed by atoms with Crippen LogP contribution in [0.15, 0.2) is 0 Å². The lowest BCUT2D eigenvalue weighted by molar-refractivity contribution is 0.0138. The average Bonchev–Trinajstić information content (AvgIpc) is 2.44. The van der Waals surface area contributed by atoms with E-state index in [1.807, 2.05) is 0 Å². The summed E-state index contributed by atoms with van der Waals surface area (Å²) in [7, 11) is 0. The Morgan fingerprint density at radius 1 is 1.31 bits per heavy atom. The van der Waals surface area contributed by atoms with Crippen LogP contribution in [0.25, 0.3) is 0 Å². The Labute approximate surface area is 99.5 Å². The molecule has 2 atom stereocenters. The van der Waals surface area contributed by atoms with Gasteiger partial charge in [0.15, 0.2) is 0 Å². The van der Waals surface area contributed by atoms with Crippen molar-refractivity contribution < 1.29 is 4.74 Å². The molecule has 2 saturated heterocycles. The van der Waals surface area contributed by atoms with Gasteiger partial charge >= 0.3 is 0 Å². The molecule has 2 rings (SSSR count). The lowest BCUT2D eigenvalue weighted by atomic mass is 9.90. The van der Waals surface area contributed by atoms with E-state index in [0.717, 1.165) is 19.7 Å². The third-order valence-corrected chi connectivity index (χ3v) is 4.37. The average molecular weight is 226 g/mol. The first-order chi connectivity index (χ1) is 7.44. The van der Waals surface area contributed by atoms with Gasteiger partial charge in [-0.2, -0.15) is 0 Å². The van der Waals surface area contributed by atoms with Crippen LogP contribution in [0.2, 0.25) is 0 Å². The summed E-state index contributed by atoms with van der Waals surface area (Å²) in [5.41, 5.74) is 0.463. The Balaban J connectivity index is 2.12. The zero-order chi connectivity index (χ0) is 11.8. The molecular weight excluding hydrogens is 200 g/mol. The van der Waals surface area contributed by atoms with E-state index < -0.39 is 0 Å². The maximum atomic E-state index is 5.77. The number of nitrogens with zero attached hydrogens (tertiary/aromatic N) is 1. The molecule has 0 amide bonds. The largest absolute Gasteiger partial charge is 0.377 e. The second-order valence-electron chi connectivity index (χ2n) is 6.21. The van der Waals surface area contributed by atoms with E-state index in [1.54, 1.807) is 0 Å². The van der Waals surface area contributed by atoms with Gasteiger partial charge in [-0.3, -0.25) is 4.90 Å². The van der Waals surface area contributed by atoms with Gasteiger partial charge in [0.25, 0.3) is 0 Å². The van der Waals surface area contributed by atoms with Gasteiger partial charge in [-0.15, -0.1) is 0 Å². The molecule has 16 heavy (non-hydrogen) atoms. The van der Waals surface area contributed by atoms with E-state index in [2.05, 4.69) is 37.9 Å². The molecule has 94 valence electrons. The maximum Gasteiger partial charge on any atom is 0.0728 e. The summed E-state index contributed by atoms with van der Waals surface area (Å²) in [4.78, 5) is 2.64. The third kappa shape index (κ3) is 2.27. The first-order valence-corrected chi connectivity index (χ1v) is 6.56. The highest BCUT2D eigenvalue weighted by atomic mass is 16.5. The molecule has 2 aliphatic heterocycles. The predicted molar refractivity (Wildman–Crippen MR) is 66.7 cm³/mol. The molecule has 0 aliphatic carbocycles. The van der Waals surface area contributed by atoms with Crippen LogP contribution in [0.5, 0.6) is 0 Å². The van der Waals surface area contributed by atoms with Crippen molar-refractivity contribution in [1.29, 1.82) is 0 Å². The van der Waals surface area contributed by atoms with E-state index >= 15 is 0 Å². The van der Waals surface area contributed by atoms with Crippen molar-refractivity contribution >= 4 is 0 Å². The first kappa shape index (κ1) is 12.3. The Bertz CT molecular complexity index is 254. The molecule has 0 radical (unpaired) electrons. The van der Waals surface area contributed by atoms with Gasteiger partial charge in [0.1, 0.15) is 0 Å². The lowest BCUT2D eigenvalue weighted by Crippen LogP contribution is -2.56. The van der Waals surface area contributed by atoms with Gasteiger partial charge in [-0.1, -0.05) is 0 Å². The van der Waals surface area contributed by atoms with Crippen molar-refractivity contribution in [3.63, 3.8) is 0 Å². The second-order valence-corrected chi connectivity index (χ2v) is 6.21. The maximum absolute atomic E-state index is 5.77. The molecule has 0 saturated carbocycles. The summed E-state index contributed by atoms with van der Waals surface area (Å²) >= 11 is 0. The van der Waals surface area contributed by atoms with Crippen LogP contribution in [0.3, 0.4) is 0 Å². The van der Waals surface area contributed by atoms with E-state index in [9.17, 15) is 0 Å². The van der Waals surface area contributed by atoms with Crippen molar-refractivity contribution in [1.82, 2.24) is 10.2 Å². The summed E-state index contributed by atoms with van der Waals surface area (Å²) in [6.07, 6.45) is 2.78. The zero-order valence-corrected chi connectivity index (χ0v) is 11.2. The standard InChI is InChI=1S/C13H26N2O/c1-11-13(4,6-9-16-11)15-8-5-7-14-12(2,3)10-15/h11,14H,5-10H2,1-4H3. The molecule has 0 aromatic carbocycles. The van der Waals surface area contributed by atoms with Crippen LogP contribution >= 0.6 is 0 Å². The SMILES string of the molecule is CC1OCCC1(C)N1CCCNC(C)(C)C1. The van der Waals surface area contributed by atoms with E-state index in [0.29, 0.717) is 6.10 Å². The normalized spacial score (nSPS) is 40.9. The molecular formula is C13H26N2O. The summed E-state index contributed by atoms with van der Waals surface area (Å²) in [6, 6.07) is 0. The number of nitrogens with one attached hydrogen (secondary N) is 1. The van der Waals surface area contributed by atoms with Gasteiger partial charge in [0.05, 0.1) is 6.10 Å². The molecule has 0 aromatic heterocycles. The summed E-state index contributed by atoms with van der Waals surface area (Å²) in [5, 5.41) is 3.62. The van der Waals surface area contributed by atoms with Gasteiger partial charge < -0.3 is 10.1 Å². The Morgan fingerprint density at radius 3 is 2.69 bits per heavy atom. The molecule has 3 nitrogen and oxygen atoms in total. The van der Waals surface area contributed by atoms with Crippen molar-refractivity contribution in [2.24, 2.45) is 0 Å². The molecule has 2 aliphatic rings. The van der Waals surface area contributed by atoms with Crippen LogP contribution in [-0.2, 0) is 4.74 Å². The summed E-state index contributed by atoms with van der Waals surface area (Å²) in [5.74, 6) is 0. The highest BCUT2D eigenvalue weighted by molar-refractivity contribution is 4.99. The minimum absolute atomic E-state index is 0.224. The smallest absolute Gasteiger partial charge is 0.0728 e. The van der Waals surface area contributed by atoms with Crippen molar-refractivity contribution in [3.05, 3.63) is 0 Å². The van der Waals surface area contributed by atoms with Gasteiger partial charge in [0, 0.05) is 30.8 Å². The Kier molecular flexibility index (Phi) is 3.30. The monoisotopic (exact) mass is 226 g/mol. The van der Waals surface area contributed by atoms with Crippen molar-refractivity contribution in [2.45, 2.75) is 57.7 Å². The zero-order valence-electron chi connectivity index (χ0n) is 11.2. The fraction of sp³-hybridized carbons (Fsp3) is 1.00. The van der Waals surface area contributed by atoms with Crippen LogP contribution in [-0.4, -0.2) is 48.3 Å². The van der Waals surface area contributed by atoms with Gasteiger partial charge in [0.2, 0.25) is 0 Å². The van der Waals surface area contributed by atoms with Gasteiger partial charge in [-0.05, 0) is 47.1 Å². The summed E-state index contributed by atoms with van der Waals surface area (Å²) < 4.78 is 5.77. The minimum atomic E-state index is 0.224. The molecule has 0 spiro atoms. The second kappa shape index (κ2) is 4.28. The molecule has 3 heteroatoms. The molecule has 0 aromatic rings. The fourth-order valence-electron chi connectivity index (χ4n) is 2.99. The van der Waals surface area contributed by atoms with Crippen LogP contribution in [0, 0.1) is 0 Å². The third-order valence-electron chi connectivity index (χ3n) is 4.37. The van der Waals surface area contributed by atoms with E-state index in [1.165, 1.54) is 19.4 Å². The number of hydrogen-bond donors (Lipinski definition) is 1. The van der Waals surface area contributed by atoms with E-state index in [-0.39, 0.29) is 11.1 Å². The molecule has 1 N–H and O–H groups in total. The molecule has 2 unspecified atom stereocenters. The Hall–Kier alpha value is -0.120. The van der Waals surface area contributed by atoms with Crippen LogP contribution in [0.1, 0.15) is 40.5 Å². The minimum Gasteiger partial charge on any atom is -0.377 e. The van der Waals surface area contributed by atoms with Crippen LogP contribution in [0.4, 0.5) is 0 Å². The molecule has 2 heterocycles. The Morgan fingerprint density at radius 2 is 2.06 bits per heavy atom. The highest BCUT2D eigenvalue weighted by Gasteiger charge is 2.44. The van der Waals surface area contributed by atoms with E-state index in [4.69, 9.17) is 4.74 Å². The number of hydrogen-bond acceptors (Lipinski definition) is 3. The lowest BCUT2D eigenvalue weighted by Gasteiger charge is -2.43. The highest BCUT2D eigenvalue weighted by Crippen LogP contribution is 2.33. The topological polar surface area (TPSA) is 24.5 Å². The van der Waals surface area contributed by atoms with Crippen LogP contribution < -0.4 is 5.32 Å². The quantitative estimate of drug-likeness (QED) is 0.735. The predicted octanol–water partition coefficient (Wildman–Crippen LogP) is 1.63. The van der Waals surface area contributed by atoms with Crippen molar-refractivity contribution in [2.75, 3.05) is 26.2 Å². The van der Waals surface area contributed by atoms with Gasteiger partial charge in [-0.25, -0.2) is 0 Å². The number of ether oxygens (including phenoxy) is 1. The summed E-state index contributed by atoms with van der Waals surface area (Å²) in [6.45, 7) is 13.6. The molecule has 0 bridgehead atoms. The fourth-order valence-corrected chi connectivity index (χ4v) is 2.99. The molecule has 2 fully saturated rings. The first-order valence-electron chi connectivity index (χ1n) is 6.56. The number of rotatable bonds is 1. The van der Waals surface area contributed by atoms with Crippen molar-refractivity contribution in [3.8, 4) is 0 Å².